The van der Waals surface area contributed by atoms with Gasteiger partial charge in [-0.25, -0.2) is 4.39 Å². The maximum atomic E-state index is 12.8. The third-order valence-electron chi connectivity index (χ3n) is 2.76. The Hall–Kier alpha value is -1.87. The van der Waals surface area contributed by atoms with Crippen molar-refractivity contribution in [2.75, 3.05) is 12.4 Å². The van der Waals surface area contributed by atoms with Gasteiger partial charge in [0, 0.05) is 12.7 Å². The molecule has 1 unspecified atom stereocenters. The number of halogens is 1. The van der Waals surface area contributed by atoms with Crippen LogP contribution in [0.4, 0.5) is 10.1 Å². The lowest BCUT2D eigenvalue weighted by molar-refractivity contribution is 0.626. The van der Waals surface area contributed by atoms with Gasteiger partial charge in [-0.05, 0) is 35.4 Å². The third-order valence-corrected chi connectivity index (χ3v) is 2.76. The fourth-order valence-electron chi connectivity index (χ4n) is 1.75. The summed E-state index contributed by atoms with van der Waals surface area (Å²) in [7, 11) is 1.86. The molecule has 2 rings (SSSR count). The Bertz CT molecular complexity index is 494. The second kappa shape index (κ2) is 4.97. The van der Waals surface area contributed by atoms with Crippen LogP contribution in [0.15, 0.2) is 48.5 Å². The summed E-state index contributed by atoms with van der Waals surface area (Å²) < 4.78 is 12.8. The second-order valence-corrected chi connectivity index (χ2v) is 3.90. The SMILES string of the molecule is CNc1cccc(C(N)c2ccc(F)cc2)c1. The maximum Gasteiger partial charge on any atom is 0.123 e. The van der Waals surface area contributed by atoms with Crippen LogP contribution in [0.2, 0.25) is 0 Å². The van der Waals surface area contributed by atoms with E-state index in [2.05, 4.69) is 5.32 Å². The van der Waals surface area contributed by atoms with Crippen LogP contribution < -0.4 is 11.1 Å². The van der Waals surface area contributed by atoms with Gasteiger partial charge in [-0.3, -0.25) is 0 Å². The van der Waals surface area contributed by atoms with Crippen LogP contribution >= 0.6 is 0 Å². The standard InChI is InChI=1S/C14H15FN2/c1-17-13-4-2-3-11(9-13)14(16)10-5-7-12(15)8-6-10/h2-9,14,17H,16H2,1H3. The van der Waals surface area contributed by atoms with Gasteiger partial charge >= 0.3 is 0 Å². The van der Waals surface area contributed by atoms with E-state index < -0.39 is 0 Å². The van der Waals surface area contributed by atoms with Crippen molar-refractivity contribution in [1.82, 2.24) is 0 Å². The zero-order valence-corrected chi connectivity index (χ0v) is 9.65. The molecule has 2 aromatic rings. The van der Waals surface area contributed by atoms with Crippen LogP contribution in [-0.4, -0.2) is 7.05 Å². The summed E-state index contributed by atoms with van der Waals surface area (Å²) in [5, 5.41) is 3.07. The van der Waals surface area contributed by atoms with Gasteiger partial charge < -0.3 is 11.1 Å². The van der Waals surface area contributed by atoms with E-state index in [-0.39, 0.29) is 11.9 Å². The van der Waals surface area contributed by atoms with Gasteiger partial charge in [0.05, 0.1) is 6.04 Å². The average Bonchev–Trinajstić information content (AvgIpc) is 2.39. The van der Waals surface area contributed by atoms with E-state index in [1.807, 2.05) is 31.3 Å². The molecule has 0 heterocycles. The molecule has 3 heteroatoms. The molecule has 0 saturated carbocycles. The van der Waals surface area contributed by atoms with E-state index >= 15 is 0 Å². The Morgan fingerprint density at radius 3 is 2.41 bits per heavy atom. The molecule has 0 amide bonds. The molecular weight excluding hydrogens is 215 g/mol. The molecule has 0 saturated heterocycles. The molecule has 0 bridgehead atoms. The van der Waals surface area contributed by atoms with Crippen LogP contribution in [0.3, 0.4) is 0 Å². The monoisotopic (exact) mass is 230 g/mol. The third kappa shape index (κ3) is 2.63. The molecular formula is C14H15FN2. The van der Waals surface area contributed by atoms with E-state index in [9.17, 15) is 4.39 Å². The molecule has 0 spiro atoms. The van der Waals surface area contributed by atoms with Crippen molar-refractivity contribution < 1.29 is 4.39 Å². The zero-order chi connectivity index (χ0) is 12.3. The van der Waals surface area contributed by atoms with Crippen molar-refractivity contribution in [3.63, 3.8) is 0 Å². The van der Waals surface area contributed by atoms with E-state index in [1.54, 1.807) is 12.1 Å². The van der Waals surface area contributed by atoms with Gasteiger partial charge in [-0.2, -0.15) is 0 Å². The highest BCUT2D eigenvalue weighted by Gasteiger charge is 2.09. The minimum atomic E-state index is -0.245. The number of rotatable bonds is 3. The van der Waals surface area contributed by atoms with Gasteiger partial charge in [0.2, 0.25) is 0 Å². The Labute approximate surface area is 100 Å². The Morgan fingerprint density at radius 2 is 1.76 bits per heavy atom. The van der Waals surface area contributed by atoms with Crippen LogP contribution in [0.25, 0.3) is 0 Å². The molecule has 0 aliphatic heterocycles. The number of anilines is 1. The van der Waals surface area contributed by atoms with E-state index in [4.69, 9.17) is 5.73 Å². The first kappa shape index (κ1) is 11.6. The quantitative estimate of drug-likeness (QED) is 0.850. The van der Waals surface area contributed by atoms with Crippen LogP contribution in [0.5, 0.6) is 0 Å². The number of nitrogens with one attached hydrogen (secondary N) is 1. The van der Waals surface area contributed by atoms with E-state index in [0.29, 0.717) is 0 Å². The van der Waals surface area contributed by atoms with Crippen LogP contribution in [0, 0.1) is 5.82 Å². The summed E-state index contributed by atoms with van der Waals surface area (Å²) in [5.74, 6) is -0.245. The van der Waals surface area contributed by atoms with Crippen molar-refractivity contribution in [1.29, 1.82) is 0 Å². The Kier molecular flexibility index (Phi) is 3.40. The van der Waals surface area contributed by atoms with Crippen molar-refractivity contribution >= 4 is 5.69 Å². The largest absolute Gasteiger partial charge is 0.388 e. The smallest absolute Gasteiger partial charge is 0.123 e. The number of benzene rings is 2. The van der Waals surface area contributed by atoms with Crippen molar-refractivity contribution in [3.05, 3.63) is 65.5 Å². The molecule has 0 fully saturated rings. The molecule has 0 aliphatic carbocycles. The summed E-state index contributed by atoms with van der Waals surface area (Å²) in [5.41, 5.74) is 9.06. The first-order chi connectivity index (χ1) is 8.20. The highest BCUT2D eigenvalue weighted by molar-refractivity contribution is 5.47. The van der Waals surface area contributed by atoms with Crippen molar-refractivity contribution in [2.24, 2.45) is 5.73 Å². The molecule has 3 N–H and O–H groups in total. The average molecular weight is 230 g/mol. The predicted octanol–water partition coefficient (Wildman–Crippen LogP) is 2.92. The Balaban J connectivity index is 2.29. The molecule has 2 aromatic carbocycles. The lowest BCUT2D eigenvalue weighted by atomic mass is 9.99. The summed E-state index contributed by atoms with van der Waals surface area (Å²) >= 11 is 0. The number of nitrogens with two attached hydrogens (primary N) is 1. The van der Waals surface area contributed by atoms with Gasteiger partial charge in [-0.1, -0.05) is 24.3 Å². The van der Waals surface area contributed by atoms with E-state index in [0.717, 1.165) is 16.8 Å². The molecule has 0 aromatic heterocycles. The summed E-state index contributed by atoms with van der Waals surface area (Å²) in [6.07, 6.45) is 0. The second-order valence-electron chi connectivity index (χ2n) is 3.90. The predicted molar refractivity (Wildman–Crippen MR) is 68.4 cm³/mol. The maximum absolute atomic E-state index is 12.8. The van der Waals surface area contributed by atoms with Crippen molar-refractivity contribution in [2.45, 2.75) is 6.04 Å². The van der Waals surface area contributed by atoms with Crippen LogP contribution in [0.1, 0.15) is 17.2 Å². The molecule has 88 valence electrons. The van der Waals surface area contributed by atoms with Crippen LogP contribution in [-0.2, 0) is 0 Å². The van der Waals surface area contributed by atoms with E-state index in [1.165, 1.54) is 12.1 Å². The minimum absolute atomic E-state index is 0.233. The molecule has 0 aliphatic rings. The van der Waals surface area contributed by atoms with Gasteiger partial charge in [0.1, 0.15) is 5.82 Å². The highest BCUT2D eigenvalue weighted by Crippen LogP contribution is 2.22. The summed E-state index contributed by atoms with van der Waals surface area (Å²) in [6.45, 7) is 0. The highest BCUT2D eigenvalue weighted by atomic mass is 19.1. The summed E-state index contributed by atoms with van der Waals surface area (Å²) in [6, 6.07) is 13.9. The molecule has 17 heavy (non-hydrogen) atoms. The molecule has 2 nitrogen and oxygen atoms in total. The van der Waals surface area contributed by atoms with Gasteiger partial charge in [0.15, 0.2) is 0 Å². The fraction of sp³-hybridized carbons (Fsp3) is 0.143. The van der Waals surface area contributed by atoms with Gasteiger partial charge in [-0.15, -0.1) is 0 Å². The number of hydrogen-bond acceptors (Lipinski definition) is 2. The number of hydrogen-bond donors (Lipinski definition) is 2. The lowest BCUT2D eigenvalue weighted by Gasteiger charge is -2.13. The Morgan fingerprint density at radius 1 is 1.06 bits per heavy atom. The van der Waals surface area contributed by atoms with Gasteiger partial charge in [0.25, 0.3) is 0 Å². The fourth-order valence-corrected chi connectivity index (χ4v) is 1.75. The van der Waals surface area contributed by atoms with Crippen molar-refractivity contribution in [3.8, 4) is 0 Å². The first-order valence-corrected chi connectivity index (χ1v) is 5.49. The topological polar surface area (TPSA) is 38.0 Å². The summed E-state index contributed by atoms with van der Waals surface area (Å²) in [4.78, 5) is 0. The molecule has 1 atom stereocenters. The normalized spacial score (nSPS) is 12.2. The molecule has 0 radical (unpaired) electrons. The minimum Gasteiger partial charge on any atom is -0.388 e. The first-order valence-electron chi connectivity index (χ1n) is 5.49. The zero-order valence-electron chi connectivity index (χ0n) is 9.65. The lowest BCUT2D eigenvalue weighted by Crippen LogP contribution is -2.12.